The van der Waals surface area contributed by atoms with Crippen molar-refractivity contribution < 1.29 is 9.90 Å². The van der Waals surface area contributed by atoms with Crippen LogP contribution in [0.3, 0.4) is 0 Å². The predicted octanol–water partition coefficient (Wildman–Crippen LogP) is 2.44. The Morgan fingerprint density at radius 2 is 1.79 bits per heavy atom. The first-order valence-corrected chi connectivity index (χ1v) is 5.97. The van der Waals surface area contributed by atoms with Crippen molar-refractivity contribution in [3.8, 4) is 0 Å². The van der Waals surface area contributed by atoms with Gasteiger partial charge in [0.15, 0.2) is 0 Å². The molecule has 80 valence electrons. The van der Waals surface area contributed by atoms with Gasteiger partial charge in [-0.15, -0.1) is 0 Å². The van der Waals surface area contributed by atoms with Gasteiger partial charge in [-0.2, -0.15) is 0 Å². The molecule has 0 aromatic carbocycles. The molecule has 14 heavy (non-hydrogen) atoms. The highest BCUT2D eigenvalue weighted by atomic mass is 16.3. The SMILES string of the molecule is O=C1CCC[C@@]2(O)CCCCCC[C@H]12. The Morgan fingerprint density at radius 3 is 2.64 bits per heavy atom. The predicted molar refractivity (Wildman–Crippen MR) is 55.0 cm³/mol. The number of aliphatic hydroxyl groups is 1. The molecule has 2 aliphatic carbocycles. The van der Waals surface area contributed by atoms with Crippen LogP contribution in [0.15, 0.2) is 0 Å². The second-order valence-corrected chi connectivity index (χ2v) is 4.93. The molecule has 0 heterocycles. The van der Waals surface area contributed by atoms with Crippen LogP contribution in [0.2, 0.25) is 0 Å². The minimum absolute atomic E-state index is 0.0310. The minimum Gasteiger partial charge on any atom is -0.389 e. The van der Waals surface area contributed by atoms with E-state index in [2.05, 4.69) is 0 Å². The summed E-state index contributed by atoms with van der Waals surface area (Å²) >= 11 is 0. The van der Waals surface area contributed by atoms with Gasteiger partial charge in [0.25, 0.3) is 0 Å². The molecule has 2 saturated carbocycles. The molecule has 0 unspecified atom stereocenters. The molecule has 0 aromatic heterocycles. The largest absolute Gasteiger partial charge is 0.389 e. The third kappa shape index (κ3) is 1.85. The lowest BCUT2D eigenvalue weighted by atomic mass is 9.69. The van der Waals surface area contributed by atoms with E-state index in [0.29, 0.717) is 12.2 Å². The second-order valence-electron chi connectivity index (χ2n) is 4.93. The first-order chi connectivity index (χ1) is 6.72. The third-order valence-corrected chi connectivity index (χ3v) is 3.92. The molecule has 0 spiro atoms. The van der Waals surface area contributed by atoms with Crippen molar-refractivity contribution in [3.05, 3.63) is 0 Å². The number of fused-ring (bicyclic) bond motifs is 1. The van der Waals surface area contributed by atoms with Crippen molar-refractivity contribution in [2.75, 3.05) is 0 Å². The van der Waals surface area contributed by atoms with Gasteiger partial charge in [-0.05, 0) is 25.7 Å². The summed E-state index contributed by atoms with van der Waals surface area (Å²) in [7, 11) is 0. The summed E-state index contributed by atoms with van der Waals surface area (Å²) in [6.45, 7) is 0. The fourth-order valence-electron chi connectivity index (χ4n) is 3.08. The normalized spacial score (nSPS) is 39.8. The molecule has 2 aliphatic rings. The summed E-state index contributed by atoms with van der Waals surface area (Å²) in [5.41, 5.74) is -0.629. The van der Waals surface area contributed by atoms with E-state index in [1.807, 2.05) is 0 Å². The summed E-state index contributed by atoms with van der Waals surface area (Å²) in [5.74, 6) is 0.289. The lowest BCUT2D eigenvalue weighted by Gasteiger charge is -2.40. The average Bonchev–Trinajstić information content (AvgIpc) is 2.11. The lowest BCUT2D eigenvalue weighted by Crippen LogP contribution is -2.46. The molecule has 1 N–H and O–H groups in total. The van der Waals surface area contributed by atoms with Gasteiger partial charge < -0.3 is 5.11 Å². The van der Waals surface area contributed by atoms with Crippen LogP contribution in [0.4, 0.5) is 0 Å². The van der Waals surface area contributed by atoms with Gasteiger partial charge in [0.05, 0.1) is 5.60 Å². The first-order valence-electron chi connectivity index (χ1n) is 5.97. The van der Waals surface area contributed by atoms with Gasteiger partial charge in [-0.1, -0.05) is 25.7 Å². The van der Waals surface area contributed by atoms with Gasteiger partial charge >= 0.3 is 0 Å². The topological polar surface area (TPSA) is 37.3 Å². The van der Waals surface area contributed by atoms with Crippen molar-refractivity contribution in [2.24, 2.45) is 5.92 Å². The molecule has 2 atom stereocenters. The highest BCUT2D eigenvalue weighted by molar-refractivity contribution is 5.83. The van der Waals surface area contributed by atoms with E-state index in [-0.39, 0.29) is 5.92 Å². The standard InChI is InChI=1S/C12H20O2/c13-11-7-5-9-12(14)8-4-2-1-3-6-10(11)12/h10,14H,1-9H2/t10-,12+/m1/s1. The van der Waals surface area contributed by atoms with Gasteiger partial charge in [0.1, 0.15) is 5.78 Å². The Hall–Kier alpha value is -0.370. The zero-order valence-corrected chi connectivity index (χ0v) is 8.80. The van der Waals surface area contributed by atoms with Gasteiger partial charge in [0.2, 0.25) is 0 Å². The molecular weight excluding hydrogens is 176 g/mol. The number of hydrogen-bond acceptors (Lipinski definition) is 2. The fraction of sp³-hybridized carbons (Fsp3) is 0.917. The molecule has 0 aliphatic heterocycles. The van der Waals surface area contributed by atoms with E-state index >= 15 is 0 Å². The number of rotatable bonds is 0. The fourth-order valence-corrected chi connectivity index (χ4v) is 3.08. The van der Waals surface area contributed by atoms with Crippen LogP contribution in [-0.2, 0) is 4.79 Å². The van der Waals surface area contributed by atoms with Crippen molar-refractivity contribution in [1.29, 1.82) is 0 Å². The summed E-state index contributed by atoms with van der Waals surface area (Å²) in [4.78, 5) is 11.7. The Bertz CT molecular complexity index is 224. The molecule has 0 radical (unpaired) electrons. The highest BCUT2D eigenvalue weighted by Crippen LogP contribution is 2.39. The Morgan fingerprint density at radius 1 is 1.07 bits per heavy atom. The van der Waals surface area contributed by atoms with E-state index < -0.39 is 5.60 Å². The summed E-state index contributed by atoms with van der Waals surface area (Å²) < 4.78 is 0. The zero-order chi connectivity index (χ0) is 10.0. The zero-order valence-electron chi connectivity index (χ0n) is 8.80. The Balaban J connectivity index is 2.13. The molecule has 0 aromatic rings. The lowest BCUT2D eigenvalue weighted by molar-refractivity contribution is -0.140. The van der Waals surface area contributed by atoms with E-state index in [4.69, 9.17) is 0 Å². The third-order valence-electron chi connectivity index (χ3n) is 3.92. The van der Waals surface area contributed by atoms with Gasteiger partial charge in [-0.3, -0.25) is 4.79 Å². The van der Waals surface area contributed by atoms with Crippen LogP contribution in [0, 0.1) is 5.92 Å². The van der Waals surface area contributed by atoms with E-state index in [0.717, 1.165) is 38.5 Å². The molecule has 2 fully saturated rings. The van der Waals surface area contributed by atoms with Crippen LogP contribution in [0.5, 0.6) is 0 Å². The highest BCUT2D eigenvalue weighted by Gasteiger charge is 2.43. The monoisotopic (exact) mass is 196 g/mol. The van der Waals surface area contributed by atoms with Crippen molar-refractivity contribution in [2.45, 2.75) is 63.4 Å². The van der Waals surface area contributed by atoms with Crippen molar-refractivity contribution in [1.82, 2.24) is 0 Å². The van der Waals surface area contributed by atoms with E-state index in [9.17, 15) is 9.90 Å². The molecule has 2 heteroatoms. The maximum atomic E-state index is 11.7. The van der Waals surface area contributed by atoms with Crippen LogP contribution in [0.25, 0.3) is 0 Å². The van der Waals surface area contributed by atoms with E-state index in [1.165, 1.54) is 12.8 Å². The molecule has 2 nitrogen and oxygen atoms in total. The minimum atomic E-state index is -0.629. The summed E-state index contributed by atoms with van der Waals surface area (Å²) in [6.07, 6.45) is 8.91. The average molecular weight is 196 g/mol. The number of hydrogen-bond donors (Lipinski definition) is 1. The van der Waals surface area contributed by atoms with Crippen LogP contribution >= 0.6 is 0 Å². The van der Waals surface area contributed by atoms with Gasteiger partial charge in [0, 0.05) is 12.3 Å². The molecule has 0 bridgehead atoms. The summed E-state index contributed by atoms with van der Waals surface area (Å²) in [6, 6.07) is 0. The maximum absolute atomic E-state index is 11.7. The number of carbonyl (C=O) groups excluding carboxylic acids is 1. The van der Waals surface area contributed by atoms with Crippen LogP contribution in [0.1, 0.15) is 57.8 Å². The Labute approximate surface area is 85.7 Å². The summed E-state index contributed by atoms with van der Waals surface area (Å²) in [5, 5.41) is 10.4. The second kappa shape index (κ2) is 4.01. The van der Waals surface area contributed by atoms with Crippen LogP contribution < -0.4 is 0 Å². The quantitative estimate of drug-likeness (QED) is 0.646. The first kappa shape index (κ1) is 10.2. The number of ketones is 1. The van der Waals surface area contributed by atoms with E-state index in [1.54, 1.807) is 0 Å². The number of carbonyl (C=O) groups is 1. The maximum Gasteiger partial charge on any atom is 0.138 e. The van der Waals surface area contributed by atoms with Crippen LogP contribution in [-0.4, -0.2) is 16.5 Å². The molecule has 2 rings (SSSR count). The number of Topliss-reactive ketones (excluding diaryl/α,β-unsaturated/α-hetero) is 1. The Kier molecular flexibility index (Phi) is 2.91. The molecule has 0 saturated heterocycles. The molecule has 0 amide bonds. The van der Waals surface area contributed by atoms with Crippen molar-refractivity contribution >= 4 is 5.78 Å². The van der Waals surface area contributed by atoms with Gasteiger partial charge in [-0.25, -0.2) is 0 Å². The van der Waals surface area contributed by atoms with Crippen molar-refractivity contribution in [3.63, 3.8) is 0 Å². The molecular formula is C12H20O2. The smallest absolute Gasteiger partial charge is 0.138 e.